The van der Waals surface area contributed by atoms with E-state index in [1.54, 1.807) is 11.9 Å². The molecule has 0 saturated carbocycles. The number of nitrogens with zero attached hydrogens (tertiary/aromatic N) is 1. The summed E-state index contributed by atoms with van der Waals surface area (Å²) in [6.07, 6.45) is 0.613. The highest BCUT2D eigenvalue weighted by molar-refractivity contribution is 5.82. The van der Waals surface area contributed by atoms with Crippen LogP contribution in [-0.4, -0.2) is 31.0 Å². The molecule has 0 atom stereocenters. The Bertz CT molecular complexity index is 1110. The first-order valence-electron chi connectivity index (χ1n) is 10.2. The van der Waals surface area contributed by atoms with Gasteiger partial charge in [0.05, 0.1) is 6.54 Å². The van der Waals surface area contributed by atoms with Crippen LogP contribution in [0.3, 0.4) is 0 Å². The first kappa shape index (κ1) is 21.6. The molecule has 0 aliphatic rings. The van der Waals surface area contributed by atoms with Gasteiger partial charge in [0.25, 0.3) is 0 Å². The highest BCUT2D eigenvalue weighted by atomic mass is 16.5. The van der Waals surface area contributed by atoms with Crippen molar-refractivity contribution in [2.45, 2.75) is 40.5 Å². The SMILES string of the molecule is Cc1cc(C)cc(OCCN(C)C(=O)CCc2c(C)c3ccc(C)cc3oc2=O)c1. The third-order valence-electron chi connectivity index (χ3n) is 5.35. The second kappa shape index (κ2) is 9.16. The maximum atomic E-state index is 12.5. The van der Waals surface area contributed by atoms with Gasteiger partial charge >= 0.3 is 5.63 Å². The van der Waals surface area contributed by atoms with E-state index in [1.165, 1.54) is 0 Å². The van der Waals surface area contributed by atoms with Crippen LogP contribution in [0.4, 0.5) is 0 Å². The minimum atomic E-state index is -0.362. The van der Waals surface area contributed by atoms with Crippen molar-refractivity contribution in [1.82, 2.24) is 4.90 Å². The van der Waals surface area contributed by atoms with E-state index in [0.717, 1.165) is 33.4 Å². The molecule has 0 unspecified atom stereocenters. The van der Waals surface area contributed by atoms with Crippen molar-refractivity contribution in [3.8, 4) is 5.75 Å². The van der Waals surface area contributed by atoms with E-state index < -0.39 is 0 Å². The summed E-state index contributed by atoms with van der Waals surface area (Å²) in [7, 11) is 1.76. The number of benzene rings is 2. The van der Waals surface area contributed by atoms with Gasteiger partial charge < -0.3 is 14.1 Å². The lowest BCUT2D eigenvalue weighted by molar-refractivity contribution is -0.130. The lowest BCUT2D eigenvalue weighted by Crippen LogP contribution is -2.31. The molecule has 3 rings (SSSR count). The van der Waals surface area contributed by atoms with Gasteiger partial charge in [0.2, 0.25) is 5.91 Å². The zero-order valence-corrected chi connectivity index (χ0v) is 18.4. The van der Waals surface area contributed by atoms with Crippen molar-refractivity contribution in [2.24, 2.45) is 0 Å². The Kier molecular flexibility index (Phi) is 6.60. The fourth-order valence-corrected chi connectivity index (χ4v) is 3.65. The van der Waals surface area contributed by atoms with Crippen molar-refractivity contribution < 1.29 is 13.9 Å². The topological polar surface area (TPSA) is 59.8 Å². The second-order valence-corrected chi connectivity index (χ2v) is 7.98. The molecule has 0 saturated heterocycles. The van der Waals surface area contributed by atoms with Crippen LogP contribution in [0.5, 0.6) is 5.75 Å². The summed E-state index contributed by atoms with van der Waals surface area (Å²) in [6, 6.07) is 11.9. The minimum Gasteiger partial charge on any atom is -0.492 e. The summed E-state index contributed by atoms with van der Waals surface area (Å²) < 4.78 is 11.3. The molecule has 0 bridgehead atoms. The number of hydrogen-bond donors (Lipinski definition) is 0. The lowest BCUT2D eigenvalue weighted by atomic mass is 10.0. The van der Waals surface area contributed by atoms with E-state index in [2.05, 4.69) is 6.07 Å². The average Bonchev–Trinajstić information content (AvgIpc) is 2.66. The smallest absolute Gasteiger partial charge is 0.339 e. The second-order valence-electron chi connectivity index (χ2n) is 7.98. The number of hydrogen-bond acceptors (Lipinski definition) is 4. The van der Waals surface area contributed by atoms with Gasteiger partial charge in [0.15, 0.2) is 0 Å². The van der Waals surface area contributed by atoms with Crippen molar-refractivity contribution in [1.29, 1.82) is 0 Å². The molecule has 30 heavy (non-hydrogen) atoms. The highest BCUT2D eigenvalue weighted by Crippen LogP contribution is 2.21. The Morgan fingerprint density at radius 1 is 1.00 bits per heavy atom. The lowest BCUT2D eigenvalue weighted by Gasteiger charge is -2.18. The third-order valence-corrected chi connectivity index (χ3v) is 5.35. The van der Waals surface area contributed by atoms with E-state index in [4.69, 9.17) is 9.15 Å². The predicted molar refractivity (Wildman–Crippen MR) is 119 cm³/mol. The van der Waals surface area contributed by atoms with Crippen LogP contribution in [0.1, 0.15) is 34.2 Å². The van der Waals surface area contributed by atoms with Crippen LogP contribution in [-0.2, 0) is 11.2 Å². The van der Waals surface area contributed by atoms with Crippen molar-refractivity contribution >= 4 is 16.9 Å². The molecule has 1 aromatic heterocycles. The van der Waals surface area contributed by atoms with Crippen molar-refractivity contribution in [3.63, 3.8) is 0 Å². The van der Waals surface area contributed by atoms with Gasteiger partial charge in [-0.1, -0.05) is 18.2 Å². The Morgan fingerprint density at radius 3 is 2.40 bits per heavy atom. The molecule has 0 radical (unpaired) electrons. The number of carbonyl (C=O) groups excluding carboxylic acids is 1. The molecule has 0 N–H and O–H groups in total. The number of carbonyl (C=O) groups is 1. The van der Waals surface area contributed by atoms with Crippen LogP contribution in [0.25, 0.3) is 11.0 Å². The van der Waals surface area contributed by atoms with Crippen LogP contribution >= 0.6 is 0 Å². The maximum Gasteiger partial charge on any atom is 0.339 e. The third kappa shape index (κ3) is 5.09. The van der Waals surface area contributed by atoms with E-state index >= 15 is 0 Å². The largest absolute Gasteiger partial charge is 0.492 e. The zero-order valence-electron chi connectivity index (χ0n) is 18.4. The summed E-state index contributed by atoms with van der Waals surface area (Å²) >= 11 is 0. The fraction of sp³-hybridized carbons (Fsp3) is 0.360. The van der Waals surface area contributed by atoms with E-state index in [1.807, 2.05) is 58.0 Å². The molecule has 1 heterocycles. The summed E-state index contributed by atoms with van der Waals surface area (Å²) in [4.78, 5) is 26.6. The first-order chi connectivity index (χ1) is 14.2. The number of amides is 1. The number of ether oxygens (including phenoxy) is 1. The summed E-state index contributed by atoms with van der Waals surface area (Å²) in [6.45, 7) is 8.83. The van der Waals surface area contributed by atoms with Crippen molar-refractivity contribution in [2.75, 3.05) is 20.2 Å². The minimum absolute atomic E-state index is 0.0261. The summed E-state index contributed by atoms with van der Waals surface area (Å²) in [5.41, 5.74) is 5.02. The van der Waals surface area contributed by atoms with Crippen molar-refractivity contribution in [3.05, 3.63) is 74.6 Å². The Hall–Kier alpha value is -3.08. The Labute approximate surface area is 177 Å². The van der Waals surface area contributed by atoms with Gasteiger partial charge in [0.1, 0.15) is 17.9 Å². The van der Waals surface area contributed by atoms with E-state index in [9.17, 15) is 9.59 Å². The van der Waals surface area contributed by atoms with Crippen LogP contribution < -0.4 is 10.4 Å². The van der Waals surface area contributed by atoms with Gasteiger partial charge in [-0.25, -0.2) is 4.79 Å². The van der Waals surface area contributed by atoms with E-state index in [-0.39, 0.29) is 18.0 Å². The number of likely N-dealkylation sites (N-methyl/N-ethyl adjacent to an activating group) is 1. The molecular formula is C25H29NO4. The van der Waals surface area contributed by atoms with Gasteiger partial charge in [-0.15, -0.1) is 0 Å². The highest BCUT2D eigenvalue weighted by Gasteiger charge is 2.15. The van der Waals surface area contributed by atoms with Crippen LogP contribution in [0.15, 0.2) is 45.6 Å². The molecule has 158 valence electrons. The molecule has 0 spiro atoms. The normalized spacial score (nSPS) is 11.0. The standard InChI is InChI=1S/C25H29NO4/c1-16-6-7-21-19(4)22(25(28)30-23(21)15-16)8-9-24(27)26(5)10-11-29-20-13-17(2)12-18(3)14-20/h6-7,12-15H,8-11H2,1-5H3. The molecule has 1 amide bonds. The summed E-state index contributed by atoms with van der Waals surface area (Å²) in [5, 5.41) is 0.915. The summed E-state index contributed by atoms with van der Waals surface area (Å²) in [5.74, 6) is 0.787. The number of fused-ring (bicyclic) bond motifs is 1. The molecule has 3 aromatic rings. The maximum absolute atomic E-state index is 12.5. The molecule has 5 heteroatoms. The fourth-order valence-electron chi connectivity index (χ4n) is 3.65. The molecular weight excluding hydrogens is 378 g/mol. The average molecular weight is 408 g/mol. The van der Waals surface area contributed by atoms with Gasteiger partial charge in [-0.3, -0.25) is 4.79 Å². The van der Waals surface area contributed by atoms with E-state index in [0.29, 0.717) is 30.7 Å². The Morgan fingerprint density at radius 2 is 1.70 bits per heavy atom. The molecule has 0 aliphatic heterocycles. The quantitative estimate of drug-likeness (QED) is 0.541. The van der Waals surface area contributed by atoms with Crippen LogP contribution in [0.2, 0.25) is 0 Å². The monoisotopic (exact) mass is 407 g/mol. The van der Waals surface area contributed by atoms with Gasteiger partial charge in [0, 0.05) is 24.4 Å². The number of aryl methyl sites for hydroxylation is 4. The van der Waals surface area contributed by atoms with Gasteiger partial charge in [-0.2, -0.15) is 0 Å². The zero-order chi connectivity index (χ0) is 21.8. The molecule has 5 nitrogen and oxygen atoms in total. The van der Waals surface area contributed by atoms with Gasteiger partial charge in [-0.05, 0) is 74.6 Å². The Balaban J connectivity index is 1.58. The first-order valence-corrected chi connectivity index (χ1v) is 10.2. The molecule has 0 aliphatic carbocycles. The molecule has 2 aromatic carbocycles. The van der Waals surface area contributed by atoms with Crippen LogP contribution in [0, 0.1) is 27.7 Å². The molecule has 0 fully saturated rings. The number of rotatable bonds is 7. The predicted octanol–water partition coefficient (Wildman–Crippen LogP) is 4.50.